The third-order valence-electron chi connectivity index (χ3n) is 5.14. The minimum Gasteiger partial charge on any atom is -0.503 e. The number of carbonyl (C=O) groups is 2. The van der Waals surface area contributed by atoms with E-state index in [9.17, 15) is 14.7 Å². The zero-order valence-corrected chi connectivity index (χ0v) is 17.5. The highest BCUT2D eigenvalue weighted by Gasteiger charge is 2.44. The van der Waals surface area contributed by atoms with Crippen LogP contribution in [0.4, 0.5) is 0 Å². The number of ketones is 1. The summed E-state index contributed by atoms with van der Waals surface area (Å²) in [5.41, 5.74) is 1.89. The first-order valence-electron chi connectivity index (χ1n) is 9.59. The molecule has 1 atom stereocenters. The first-order chi connectivity index (χ1) is 13.6. The Labute approximate surface area is 170 Å². The van der Waals surface area contributed by atoms with Gasteiger partial charge in [0.25, 0.3) is 5.91 Å². The first kappa shape index (κ1) is 20.9. The second-order valence-electron chi connectivity index (χ2n) is 8.27. The molecule has 0 spiro atoms. The fraction of sp³-hybridized carbons (Fsp3) is 0.391. The van der Waals surface area contributed by atoms with Crippen molar-refractivity contribution in [1.82, 2.24) is 4.90 Å². The number of rotatable bonds is 6. The summed E-state index contributed by atoms with van der Waals surface area (Å²) in [6.45, 7) is 8.62. The molecule has 0 fully saturated rings. The summed E-state index contributed by atoms with van der Waals surface area (Å²) in [6, 6.07) is 10.3. The highest BCUT2D eigenvalue weighted by atomic mass is 16.5. The van der Waals surface area contributed by atoms with Crippen molar-refractivity contribution in [2.24, 2.45) is 0 Å². The van der Waals surface area contributed by atoms with Crippen LogP contribution in [0, 0.1) is 6.92 Å². The monoisotopic (exact) mass is 397 g/mol. The van der Waals surface area contributed by atoms with Gasteiger partial charge in [-0.25, -0.2) is 0 Å². The Bertz CT molecular complexity index is 946. The van der Waals surface area contributed by atoms with Gasteiger partial charge in [-0.1, -0.05) is 45.0 Å². The number of furan rings is 1. The number of amides is 1. The molecule has 6 nitrogen and oxygen atoms in total. The van der Waals surface area contributed by atoms with Gasteiger partial charge >= 0.3 is 0 Å². The predicted octanol–water partition coefficient (Wildman–Crippen LogP) is 4.11. The molecule has 0 aliphatic carbocycles. The molecule has 1 aromatic carbocycles. The van der Waals surface area contributed by atoms with Crippen molar-refractivity contribution in [3.8, 4) is 0 Å². The second-order valence-corrected chi connectivity index (χ2v) is 8.27. The number of Topliss-reactive ketones (excluding diaryl/α,β-unsaturated/α-hetero) is 1. The lowest BCUT2D eigenvalue weighted by molar-refractivity contribution is -0.130. The van der Waals surface area contributed by atoms with Crippen LogP contribution in [0.3, 0.4) is 0 Å². The standard InChI is InChI=1S/C23H27NO5/c1-14-6-11-17(29-14)20(25)18-19(24(12-13-28-5)22(27)21(18)26)15-7-9-16(10-8-15)23(2,3)4/h6-11,19,26H,12-13H2,1-5H3. The molecular formula is C23H27NO5. The Morgan fingerprint density at radius 3 is 2.34 bits per heavy atom. The lowest BCUT2D eigenvalue weighted by Crippen LogP contribution is -2.34. The molecule has 0 saturated heterocycles. The van der Waals surface area contributed by atoms with Crippen LogP contribution in [0.2, 0.25) is 0 Å². The Balaban J connectivity index is 2.06. The molecule has 0 saturated carbocycles. The van der Waals surface area contributed by atoms with E-state index < -0.39 is 23.5 Å². The topological polar surface area (TPSA) is 80.0 Å². The Kier molecular flexibility index (Phi) is 5.66. The number of hydrogen-bond acceptors (Lipinski definition) is 5. The molecule has 1 unspecified atom stereocenters. The van der Waals surface area contributed by atoms with Crippen LogP contribution < -0.4 is 0 Å². The van der Waals surface area contributed by atoms with Gasteiger partial charge in [0.05, 0.1) is 18.2 Å². The van der Waals surface area contributed by atoms with Gasteiger partial charge in [-0.05, 0) is 35.6 Å². The van der Waals surface area contributed by atoms with Gasteiger partial charge in [-0.3, -0.25) is 9.59 Å². The van der Waals surface area contributed by atoms with E-state index in [4.69, 9.17) is 9.15 Å². The zero-order valence-electron chi connectivity index (χ0n) is 17.5. The SMILES string of the molecule is COCCN1C(=O)C(O)=C(C(=O)c2ccc(C)o2)C1c1ccc(C(C)(C)C)cc1. The average molecular weight is 397 g/mol. The molecular weight excluding hydrogens is 370 g/mol. The number of aryl methyl sites for hydroxylation is 1. The lowest BCUT2D eigenvalue weighted by atomic mass is 9.85. The Morgan fingerprint density at radius 2 is 1.83 bits per heavy atom. The van der Waals surface area contributed by atoms with Crippen molar-refractivity contribution >= 4 is 11.7 Å². The van der Waals surface area contributed by atoms with Gasteiger partial charge in [-0.2, -0.15) is 0 Å². The number of aliphatic hydroxyl groups excluding tert-OH is 1. The van der Waals surface area contributed by atoms with Crippen molar-refractivity contribution < 1.29 is 23.8 Å². The summed E-state index contributed by atoms with van der Waals surface area (Å²) in [7, 11) is 1.54. The van der Waals surface area contributed by atoms with Gasteiger partial charge in [0.2, 0.25) is 5.78 Å². The van der Waals surface area contributed by atoms with Crippen LogP contribution in [0.25, 0.3) is 0 Å². The minimum absolute atomic E-state index is 0.0257. The van der Waals surface area contributed by atoms with Gasteiger partial charge in [0.1, 0.15) is 5.76 Å². The van der Waals surface area contributed by atoms with E-state index in [1.165, 1.54) is 4.90 Å². The normalized spacial score (nSPS) is 17.3. The molecule has 1 N–H and O–H groups in total. The smallest absolute Gasteiger partial charge is 0.290 e. The molecule has 2 heterocycles. The molecule has 0 bridgehead atoms. The summed E-state index contributed by atoms with van der Waals surface area (Å²) in [5, 5.41) is 10.6. The quantitative estimate of drug-likeness (QED) is 0.742. The van der Waals surface area contributed by atoms with E-state index in [-0.39, 0.29) is 29.9 Å². The number of carbonyl (C=O) groups excluding carboxylic acids is 2. The number of nitrogens with zero attached hydrogens (tertiary/aromatic N) is 1. The highest BCUT2D eigenvalue weighted by Crippen LogP contribution is 2.39. The van der Waals surface area contributed by atoms with Crippen LogP contribution in [0.1, 0.15) is 54.3 Å². The van der Waals surface area contributed by atoms with Crippen LogP contribution in [-0.4, -0.2) is 42.0 Å². The van der Waals surface area contributed by atoms with Crippen LogP contribution in [0.5, 0.6) is 0 Å². The first-order valence-corrected chi connectivity index (χ1v) is 9.59. The summed E-state index contributed by atoms with van der Waals surface area (Å²) in [4.78, 5) is 27.3. The summed E-state index contributed by atoms with van der Waals surface area (Å²) >= 11 is 0. The maximum atomic E-state index is 13.1. The number of hydrogen-bond donors (Lipinski definition) is 1. The molecule has 29 heavy (non-hydrogen) atoms. The summed E-state index contributed by atoms with van der Waals surface area (Å²) in [6.07, 6.45) is 0. The van der Waals surface area contributed by atoms with Gasteiger partial charge in [-0.15, -0.1) is 0 Å². The molecule has 3 rings (SSSR count). The van der Waals surface area contributed by atoms with E-state index in [0.717, 1.165) is 11.1 Å². The van der Waals surface area contributed by atoms with Crippen molar-refractivity contribution in [3.63, 3.8) is 0 Å². The van der Waals surface area contributed by atoms with Crippen molar-refractivity contribution in [1.29, 1.82) is 0 Å². The largest absolute Gasteiger partial charge is 0.503 e. The van der Waals surface area contributed by atoms with Crippen LogP contribution >= 0.6 is 0 Å². The van der Waals surface area contributed by atoms with Gasteiger partial charge < -0.3 is 19.2 Å². The van der Waals surface area contributed by atoms with Crippen molar-refractivity contribution in [2.45, 2.75) is 39.2 Å². The second kappa shape index (κ2) is 7.87. The fourth-order valence-electron chi connectivity index (χ4n) is 3.51. The van der Waals surface area contributed by atoms with Crippen LogP contribution in [0.15, 0.2) is 52.1 Å². The molecule has 1 aliphatic rings. The number of benzene rings is 1. The number of methoxy groups -OCH3 is 1. The third kappa shape index (κ3) is 3.98. The van der Waals surface area contributed by atoms with Crippen molar-refractivity contribution in [3.05, 3.63) is 70.4 Å². The maximum absolute atomic E-state index is 13.1. The fourth-order valence-corrected chi connectivity index (χ4v) is 3.51. The van der Waals surface area contributed by atoms with E-state index >= 15 is 0 Å². The van der Waals surface area contributed by atoms with Gasteiger partial charge in [0.15, 0.2) is 11.5 Å². The van der Waals surface area contributed by atoms with E-state index in [0.29, 0.717) is 5.76 Å². The van der Waals surface area contributed by atoms with E-state index in [2.05, 4.69) is 20.8 Å². The lowest BCUT2D eigenvalue weighted by Gasteiger charge is -2.27. The number of ether oxygens (including phenoxy) is 1. The summed E-state index contributed by atoms with van der Waals surface area (Å²) < 4.78 is 10.6. The highest BCUT2D eigenvalue weighted by molar-refractivity contribution is 6.15. The zero-order chi connectivity index (χ0) is 21.3. The molecule has 154 valence electrons. The van der Waals surface area contributed by atoms with Crippen molar-refractivity contribution in [2.75, 3.05) is 20.3 Å². The summed E-state index contributed by atoms with van der Waals surface area (Å²) in [5.74, 6) is -0.931. The molecule has 6 heteroatoms. The Hall–Kier alpha value is -2.86. The third-order valence-corrected chi connectivity index (χ3v) is 5.14. The number of aliphatic hydroxyl groups is 1. The maximum Gasteiger partial charge on any atom is 0.290 e. The van der Waals surface area contributed by atoms with E-state index in [1.807, 2.05) is 24.3 Å². The minimum atomic E-state index is -0.704. The van der Waals surface area contributed by atoms with Crippen LogP contribution in [-0.2, 0) is 14.9 Å². The molecule has 0 radical (unpaired) electrons. The molecule has 1 aromatic heterocycles. The van der Waals surface area contributed by atoms with Gasteiger partial charge in [0, 0.05) is 13.7 Å². The molecule has 2 aromatic rings. The molecule has 1 amide bonds. The Morgan fingerprint density at radius 1 is 1.17 bits per heavy atom. The average Bonchev–Trinajstić information content (AvgIpc) is 3.21. The molecule has 1 aliphatic heterocycles. The van der Waals surface area contributed by atoms with E-state index in [1.54, 1.807) is 26.2 Å². The predicted molar refractivity (Wildman–Crippen MR) is 109 cm³/mol.